The molecule has 0 aliphatic rings. The summed E-state index contributed by atoms with van der Waals surface area (Å²) in [6.07, 6.45) is -3.58. The van der Waals surface area contributed by atoms with E-state index in [0.717, 1.165) is 0 Å². The molecule has 7 heteroatoms. The van der Waals surface area contributed by atoms with Crippen molar-refractivity contribution in [1.29, 1.82) is 0 Å². The van der Waals surface area contributed by atoms with Crippen molar-refractivity contribution in [2.45, 2.75) is 63.7 Å². The zero-order chi connectivity index (χ0) is 16.1. The van der Waals surface area contributed by atoms with E-state index < -0.39 is 36.0 Å². The summed E-state index contributed by atoms with van der Waals surface area (Å²) in [6, 6.07) is 0. The molecule has 0 aliphatic carbocycles. The third kappa shape index (κ3) is 3.88. The van der Waals surface area contributed by atoms with E-state index in [4.69, 9.17) is 18.9 Å². The molecule has 0 amide bonds. The predicted octanol–water partition coefficient (Wildman–Crippen LogP) is -0.134. The van der Waals surface area contributed by atoms with Gasteiger partial charge < -0.3 is 34.3 Å². The molecule has 0 bridgehead atoms. The molecule has 122 valence electrons. The van der Waals surface area contributed by atoms with E-state index in [1.807, 2.05) is 0 Å². The highest BCUT2D eigenvalue weighted by molar-refractivity contribution is 4.86. The Hall–Kier alpha value is -0.280. The average Bonchev–Trinajstić information content (AvgIpc) is 2.39. The molecule has 0 aromatic heterocycles. The maximum atomic E-state index is 10.0. The van der Waals surface area contributed by atoms with Crippen LogP contribution in [0.25, 0.3) is 0 Å². The van der Waals surface area contributed by atoms with Crippen molar-refractivity contribution < 1.29 is 34.3 Å². The predicted molar refractivity (Wildman–Crippen MR) is 72.1 cm³/mol. The van der Waals surface area contributed by atoms with Crippen LogP contribution in [0.5, 0.6) is 0 Å². The standard InChI is InChI=1S/C13H28O7/c1-8(14)13(18-6,19-7)11(4)20-10(3)12(15,16)9(2)17-5/h8-11,14-16H,1-7H3. The summed E-state index contributed by atoms with van der Waals surface area (Å²) in [4.78, 5) is 0. The lowest BCUT2D eigenvalue weighted by Crippen LogP contribution is -2.58. The van der Waals surface area contributed by atoms with Gasteiger partial charge in [0.05, 0.1) is 0 Å². The van der Waals surface area contributed by atoms with E-state index in [2.05, 4.69) is 0 Å². The molecule has 0 radical (unpaired) electrons. The summed E-state index contributed by atoms with van der Waals surface area (Å²) >= 11 is 0. The molecule has 0 spiro atoms. The molecular weight excluding hydrogens is 268 g/mol. The maximum absolute atomic E-state index is 10.0. The average molecular weight is 296 g/mol. The van der Waals surface area contributed by atoms with Crippen molar-refractivity contribution in [2.75, 3.05) is 21.3 Å². The Labute approximate surface area is 120 Å². The number of methoxy groups -OCH3 is 3. The van der Waals surface area contributed by atoms with Crippen LogP contribution in [-0.2, 0) is 18.9 Å². The van der Waals surface area contributed by atoms with Gasteiger partial charge in [0.15, 0.2) is 0 Å². The van der Waals surface area contributed by atoms with Crippen molar-refractivity contribution in [3.63, 3.8) is 0 Å². The fourth-order valence-corrected chi connectivity index (χ4v) is 2.10. The third-order valence-electron chi connectivity index (χ3n) is 3.75. The molecule has 0 saturated heterocycles. The lowest BCUT2D eigenvalue weighted by molar-refractivity contribution is -0.340. The van der Waals surface area contributed by atoms with Gasteiger partial charge in [0.25, 0.3) is 0 Å². The minimum absolute atomic E-state index is 0.754. The number of aliphatic hydroxyl groups excluding tert-OH is 1. The van der Waals surface area contributed by atoms with Gasteiger partial charge in [-0.25, -0.2) is 0 Å². The number of rotatable bonds is 9. The lowest BCUT2D eigenvalue weighted by atomic mass is 10.0. The van der Waals surface area contributed by atoms with Crippen molar-refractivity contribution in [1.82, 2.24) is 0 Å². The molecule has 0 saturated carbocycles. The quantitative estimate of drug-likeness (QED) is 0.510. The van der Waals surface area contributed by atoms with Crippen molar-refractivity contribution in [3.05, 3.63) is 0 Å². The van der Waals surface area contributed by atoms with Crippen LogP contribution in [-0.4, -0.2) is 72.6 Å². The molecule has 20 heavy (non-hydrogen) atoms. The highest BCUT2D eigenvalue weighted by atomic mass is 16.7. The molecule has 4 atom stereocenters. The van der Waals surface area contributed by atoms with E-state index in [1.165, 1.54) is 42.1 Å². The molecule has 4 unspecified atom stereocenters. The zero-order valence-corrected chi connectivity index (χ0v) is 13.3. The summed E-state index contributed by atoms with van der Waals surface area (Å²) < 4.78 is 20.9. The second-order valence-electron chi connectivity index (χ2n) is 4.89. The van der Waals surface area contributed by atoms with Gasteiger partial charge in [-0.1, -0.05) is 0 Å². The molecule has 0 aliphatic heterocycles. The smallest absolute Gasteiger partial charge is 0.220 e. The maximum Gasteiger partial charge on any atom is 0.220 e. The Morgan fingerprint density at radius 3 is 1.55 bits per heavy atom. The highest BCUT2D eigenvalue weighted by Crippen LogP contribution is 2.27. The van der Waals surface area contributed by atoms with Crippen LogP contribution in [0, 0.1) is 0 Å². The van der Waals surface area contributed by atoms with Gasteiger partial charge in [0, 0.05) is 21.3 Å². The van der Waals surface area contributed by atoms with Gasteiger partial charge in [0.1, 0.15) is 24.4 Å². The van der Waals surface area contributed by atoms with E-state index in [1.54, 1.807) is 6.92 Å². The second-order valence-corrected chi connectivity index (χ2v) is 4.89. The van der Waals surface area contributed by atoms with Gasteiger partial charge in [-0.3, -0.25) is 0 Å². The SMILES string of the molecule is COC(C)C(O)(O)C(C)OC(C)C(OC)(OC)C(C)O. The Balaban J connectivity index is 5.02. The summed E-state index contributed by atoms with van der Waals surface area (Å²) in [7, 11) is 4.12. The molecule has 3 N–H and O–H groups in total. The number of hydrogen-bond donors (Lipinski definition) is 3. The van der Waals surface area contributed by atoms with E-state index in [-0.39, 0.29) is 0 Å². The summed E-state index contributed by atoms with van der Waals surface area (Å²) in [5, 5.41) is 29.8. The lowest BCUT2D eigenvalue weighted by Gasteiger charge is -2.41. The van der Waals surface area contributed by atoms with Crippen molar-refractivity contribution in [2.24, 2.45) is 0 Å². The first-order valence-corrected chi connectivity index (χ1v) is 6.51. The largest absolute Gasteiger partial charge is 0.388 e. The number of ether oxygens (including phenoxy) is 4. The molecule has 0 fully saturated rings. The second kappa shape index (κ2) is 7.65. The minimum atomic E-state index is -2.19. The first kappa shape index (κ1) is 19.7. The van der Waals surface area contributed by atoms with Crippen LogP contribution < -0.4 is 0 Å². The Bertz CT molecular complexity index is 276. The number of hydrogen-bond acceptors (Lipinski definition) is 7. The van der Waals surface area contributed by atoms with Crippen molar-refractivity contribution in [3.8, 4) is 0 Å². The van der Waals surface area contributed by atoms with Crippen LogP contribution in [0.3, 0.4) is 0 Å². The van der Waals surface area contributed by atoms with Crippen LogP contribution in [0.2, 0.25) is 0 Å². The molecule has 0 heterocycles. The fourth-order valence-electron chi connectivity index (χ4n) is 2.10. The Morgan fingerprint density at radius 1 is 0.800 bits per heavy atom. The highest BCUT2D eigenvalue weighted by Gasteiger charge is 2.47. The Morgan fingerprint density at radius 2 is 1.25 bits per heavy atom. The van der Waals surface area contributed by atoms with Gasteiger partial charge in [-0.2, -0.15) is 0 Å². The Kier molecular flexibility index (Phi) is 7.54. The normalized spacial score (nSPS) is 19.5. The summed E-state index contributed by atoms with van der Waals surface area (Å²) in [6.45, 7) is 6.12. The molecule has 0 rings (SSSR count). The zero-order valence-electron chi connectivity index (χ0n) is 13.3. The van der Waals surface area contributed by atoms with Gasteiger partial charge in [-0.05, 0) is 27.7 Å². The minimum Gasteiger partial charge on any atom is -0.388 e. The van der Waals surface area contributed by atoms with E-state index in [9.17, 15) is 15.3 Å². The topological polar surface area (TPSA) is 97.6 Å². The van der Waals surface area contributed by atoms with Gasteiger partial charge in [-0.15, -0.1) is 0 Å². The van der Waals surface area contributed by atoms with Crippen LogP contribution >= 0.6 is 0 Å². The van der Waals surface area contributed by atoms with Crippen LogP contribution in [0.1, 0.15) is 27.7 Å². The van der Waals surface area contributed by atoms with Crippen molar-refractivity contribution >= 4 is 0 Å². The molecule has 0 aromatic rings. The third-order valence-corrected chi connectivity index (χ3v) is 3.75. The summed E-state index contributed by atoms with van der Waals surface area (Å²) in [5.74, 6) is -3.59. The molecule has 0 aromatic carbocycles. The van der Waals surface area contributed by atoms with Gasteiger partial charge in [0.2, 0.25) is 11.6 Å². The fraction of sp³-hybridized carbons (Fsp3) is 1.00. The van der Waals surface area contributed by atoms with E-state index in [0.29, 0.717) is 0 Å². The first-order valence-electron chi connectivity index (χ1n) is 6.51. The summed E-state index contributed by atoms with van der Waals surface area (Å²) in [5.41, 5.74) is 0. The molecule has 7 nitrogen and oxygen atoms in total. The monoisotopic (exact) mass is 296 g/mol. The molecular formula is C13H28O7. The van der Waals surface area contributed by atoms with Gasteiger partial charge >= 0.3 is 0 Å². The van der Waals surface area contributed by atoms with E-state index >= 15 is 0 Å². The first-order chi connectivity index (χ1) is 9.09. The number of aliphatic hydroxyl groups is 3. The van der Waals surface area contributed by atoms with Crippen LogP contribution in [0.15, 0.2) is 0 Å². The van der Waals surface area contributed by atoms with Crippen LogP contribution in [0.4, 0.5) is 0 Å².